The first kappa shape index (κ1) is 24.4. The summed E-state index contributed by atoms with van der Waals surface area (Å²) in [7, 11) is -4.20. The van der Waals surface area contributed by atoms with Crippen molar-refractivity contribution in [3.05, 3.63) is 65.7 Å². The van der Waals surface area contributed by atoms with Crippen LogP contribution in [-0.4, -0.2) is 67.5 Å². The standard InChI is InChI=1S/C24H29N3O5S/c1-3-7-21(28)26-14-16-27(17-15-26)24(30)23(33(31,32)20-8-5-4-6-9-20)25-22(29)19-12-10-18(2)11-13-19/h4-6,8-13,23H,3,7,14-17H2,1-2H3,(H,25,29)/t23-/m0/s1. The minimum Gasteiger partial charge on any atom is -0.339 e. The Morgan fingerprint density at radius 1 is 0.909 bits per heavy atom. The first-order valence-electron chi connectivity index (χ1n) is 11.0. The average Bonchev–Trinajstić information content (AvgIpc) is 2.83. The number of nitrogens with one attached hydrogen (secondary N) is 1. The van der Waals surface area contributed by atoms with Gasteiger partial charge in [0.15, 0.2) is 0 Å². The van der Waals surface area contributed by atoms with Crippen molar-refractivity contribution >= 4 is 27.6 Å². The van der Waals surface area contributed by atoms with Crippen molar-refractivity contribution in [2.75, 3.05) is 26.2 Å². The average molecular weight is 472 g/mol. The molecule has 0 radical (unpaired) electrons. The van der Waals surface area contributed by atoms with Gasteiger partial charge in [0.1, 0.15) is 0 Å². The third-order valence-electron chi connectivity index (χ3n) is 5.59. The number of rotatable bonds is 7. The van der Waals surface area contributed by atoms with E-state index in [1.165, 1.54) is 17.0 Å². The molecule has 1 saturated heterocycles. The third kappa shape index (κ3) is 5.78. The van der Waals surface area contributed by atoms with Crippen molar-refractivity contribution in [2.45, 2.75) is 37.0 Å². The van der Waals surface area contributed by atoms with Gasteiger partial charge < -0.3 is 15.1 Å². The fraction of sp³-hybridized carbons (Fsp3) is 0.375. The number of benzene rings is 2. The van der Waals surface area contributed by atoms with Crippen molar-refractivity contribution in [3.8, 4) is 0 Å². The molecule has 1 aliphatic heterocycles. The van der Waals surface area contributed by atoms with Crippen molar-refractivity contribution in [1.82, 2.24) is 15.1 Å². The molecule has 9 heteroatoms. The summed E-state index contributed by atoms with van der Waals surface area (Å²) in [6, 6.07) is 14.2. The lowest BCUT2D eigenvalue weighted by molar-refractivity contribution is -0.139. The number of hydrogen-bond acceptors (Lipinski definition) is 5. The van der Waals surface area contributed by atoms with Gasteiger partial charge in [-0.1, -0.05) is 42.8 Å². The maximum absolute atomic E-state index is 13.4. The van der Waals surface area contributed by atoms with E-state index in [-0.39, 0.29) is 29.5 Å². The lowest BCUT2D eigenvalue weighted by Gasteiger charge is -2.36. The second kappa shape index (κ2) is 10.6. The Labute approximate surface area is 194 Å². The number of amides is 3. The highest BCUT2D eigenvalue weighted by Crippen LogP contribution is 2.18. The molecule has 2 aromatic rings. The molecule has 33 heavy (non-hydrogen) atoms. The molecule has 3 amide bonds. The summed E-state index contributed by atoms with van der Waals surface area (Å²) >= 11 is 0. The fourth-order valence-electron chi connectivity index (χ4n) is 3.64. The fourth-order valence-corrected chi connectivity index (χ4v) is 5.13. The Morgan fingerprint density at radius 3 is 2.06 bits per heavy atom. The Balaban J connectivity index is 1.84. The topological polar surface area (TPSA) is 104 Å². The Morgan fingerprint density at radius 2 is 1.48 bits per heavy atom. The van der Waals surface area contributed by atoms with Gasteiger partial charge in [-0.05, 0) is 37.6 Å². The van der Waals surface area contributed by atoms with Gasteiger partial charge in [-0.15, -0.1) is 0 Å². The first-order chi connectivity index (χ1) is 15.7. The molecule has 0 aromatic heterocycles. The number of carbonyl (C=O) groups excluding carboxylic acids is 3. The van der Waals surface area contributed by atoms with Gasteiger partial charge >= 0.3 is 0 Å². The van der Waals surface area contributed by atoms with E-state index in [1.807, 2.05) is 13.8 Å². The van der Waals surface area contributed by atoms with Gasteiger partial charge in [0.05, 0.1) is 4.90 Å². The van der Waals surface area contributed by atoms with E-state index in [4.69, 9.17) is 0 Å². The molecule has 0 bridgehead atoms. The summed E-state index contributed by atoms with van der Waals surface area (Å²) < 4.78 is 26.7. The number of carbonyl (C=O) groups is 3. The zero-order valence-electron chi connectivity index (χ0n) is 18.9. The Kier molecular flexibility index (Phi) is 7.86. The quantitative estimate of drug-likeness (QED) is 0.665. The van der Waals surface area contributed by atoms with Crippen LogP contribution in [0.1, 0.15) is 35.7 Å². The van der Waals surface area contributed by atoms with Gasteiger partial charge in [-0.2, -0.15) is 0 Å². The van der Waals surface area contributed by atoms with Crippen LogP contribution < -0.4 is 5.32 Å². The molecule has 1 heterocycles. The Hall–Kier alpha value is -3.20. The molecule has 176 valence electrons. The molecule has 2 aromatic carbocycles. The molecule has 1 fully saturated rings. The van der Waals surface area contributed by atoms with Gasteiger partial charge in [0.25, 0.3) is 11.8 Å². The maximum Gasteiger partial charge on any atom is 0.261 e. The number of nitrogens with zero attached hydrogens (tertiary/aromatic N) is 2. The molecule has 0 aliphatic carbocycles. The van der Waals surface area contributed by atoms with Crippen molar-refractivity contribution in [3.63, 3.8) is 0 Å². The third-order valence-corrected chi connectivity index (χ3v) is 7.46. The summed E-state index contributed by atoms with van der Waals surface area (Å²) in [5, 5.41) is 0.673. The van der Waals surface area contributed by atoms with E-state index in [1.54, 1.807) is 47.4 Å². The highest BCUT2D eigenvalue weighted by Gasteiger charge is 2.39. The van der Waals surface area contributed by atoms with Crippen LogP contribution in [0, 0.1) is 6.92 Å². The predicted octanol–water partition coefficient (Wildman–Crippen LogP) is 2.00. The van der Waals surface area contributed by atoms with Crippen molar-refractivity contribution in [1.29, 1.82) is 0 Å². The molecule has 0 unspecified atom stereocenters. The van der Waals surface area contributed by atoms with E-state index in [9.17, 15) is 22.8 Å². The van der Waals surface area contributed by atoms with Crippen LogP contribution in [0.4, 0.5) is 0 Å². The minimum absolute atomic E-state index is 0.0192. The minimum atomic E-state index is -4.20. The second-order valence-corrected chi connectivity index (χ2v) is 10.1. The zero-order chi connectivity index (χ0) is 24.0. The van der Waals surface area contributed by atoms with Gasteiger partial charge in [-0.3, -0.25) is 14.4 Å². The molecular formula is C24H29N3O5S. The lowest BCUT2D eigenvalue weighted by Crippen LogP contribution is -2.57. The molecule has 1 N–H and O–H groups in total. The highest BCUT2D eigenvalue weighted by molar-refractivity contribution is 7.92. The molecule has 0 spiro atoms. The SMILES string of the molecule is CCCC(=O)N1CCN(C(=O)[C@@H](NC(=O)c2ccc(C)cc2)S(=O)(=O)c2ccccc2)CC1. The molecule has 8 nitrogen and oxygen atoms in total. The van der Waals surface area contributed by atoms with Crippen molar-refractivity contribution < 1.29 is 22.8 Å². The van der Waals surface area contributed by atoms with Crippen LogP contribution in [0.5, 0.6) is 0 Å². The van der Waals surface area contributed by atoms with E-state index in [0.717, 1.165) is 12.0 Å². The van der Waals surface area contributed by atoms with Crippen LogP contribution in [0.3, 0.4) is 0 Å². The van der Waals surface area contributed by atoms with E-state index in [2.05, 4.69) is 5.32 Å². The molecule has 0 saturated carbocycles. The summed E-state index contributed by atoms with van der Waals surface area (Å²) in [5.41, 5.74) is 1.21. The van der Waals surface area contributed by atoms with Crippen LogP contribution in [-0.2, 0) is 19.4 Å². The molecule has 1 atom stereocenters. The van der Waals surface area contributed by atoms with E-state index < -0.39 is 27.0 Å². The molecule has 1 aliphatic rings. The lowest BCUT2D eigenvalue weighted by atomic mass is 10.1. The number of aryl methyl sites for hydroxylation is 1. The van der Waals surface area contributed by atoms with E-state index >= 15 is 0 Å². The summed E-state index contributed by atoms with van der Waals surface area (Å²) in [4.78, 5) is 41.4. The highest BCUT2D eigenvalue weighted by atomic mass is 32.2. The molecular weight excluding hydrogens is 442 g/mol. The first-order valence-corrected chi connectivity index (χ1v) is 12.5. The Bertz CT molecular complexity index is 1090. The van der Waals surface area contributed by atoms with Gasteiger partial charge in [0, 0.05) is 38.2 Å². The van der Waals surface area contributed by atoms with Gasteiger partial charge in [0.2, 0.25) is 21.1 Å². The molecule has 3 rings (SSSR count). The number of hydrogen-bond donors (Lipinski definition) is 1. The van der Waals surface area contributed by atoms with Crippen molar-refractivity contribution in [2.24, 2.45) is 0 Å². The van der Waals surface area contributed by atoms with Crippen LogP contribution in [0.15, 0.2) is 59.5 Å². The van der Waals surface area contributed by atoms with Crippen LogP contribution in [0.2, 0.25) is 0 Å². The largest absolute Gasteiger partial charge is 0.339 e. The van der Waals surface area contributed by atoms with Crippen LogP contribution >= 0.6 is 0 Å². The summed E-state index contributed by atoms with van der Waals surface area (Å²) in [6.45, 7) is 4.86. The maximum atomic E-state index is 13.4. The van der Waals surface area contributed by atoms with Crippen LogP contribution in [0.25, 0.3) is 0 Å². The monoisotopic (exact) mass is 471 g/mol. The summed E-state index contributed by atoms with van der Waals surface area (Å²) in [5.74, 6) is -1.34. The second-order valence-electron chi connectivity index (χ2n) is 8.03. The normalized spacial score (nSPS) is 15.1. The predicted molar refractivity (Wildman–Crippen MR) is 124 cm³/mol. The van der Waals surface area contributed by atoms with E-state index in [0.29, 0.717) is 19.5 Å². The zero-order valence-corrected chi connectivity index (χ0v) is 19.7. The summed E-state index contributed by atoms with van der Waals surface area (Å²) in [6.07, 6.45) is 1.17. The smallest absolute Gasteiger partial charge is 0.261 e. The van der Waals surface area contributed by atoms with Gasteiger partial charge in [-0.25, -0.2) is 8.42 Å². The number of piperazine rings is 1. The number of sulfone groups is 1.